The quantitative estimate of drug-likeness (QED) is 0.840. The molecular formula is C13H13BrN2. The Bertz CT molecular complexity index is 461. The fourth-order valence-corrected chi connectivity index (χ4v) is 2.48. The van der Waals surface area contributed by atoms with Gasteiger partial charge in [-0.3, -0.25) is 4.68 Å². The van der Waals surface area contributed by atoms with Gasteiger partial charge in [0.05, 0.1) is 0 Å². The Labute approximate surface area is 103 Å². The van der Waals surface area contributed by atoms with Crippen LogP contribution in [-0.2, 0) is 6.54 Å². The summed E-state index contributed by atoms with van der Waals surface area (Å²) in [6.45, 7) is 1.05. The van der Waals surface area contributed by atoms with E-state index in [0.717, 1.165) is 22.9 Å². The zero-order chi connectivity index (χ0) is 11.0. The maximum absolute atomic E-state index is 4.25. The van der Waals surface area contributed by atoms with E-state index in [9.17, 15) is 0 Å². The van der Waals surface area contributed by atoms with Gasteiger partial charge in [-0.25, -0.2) is 0 Å². The molecule has 1 fully saturated rings. The molecule has 0 radical (unpaired) electrons. The van der Waals surface area contributed by atoms with Crippen LogP contribution in [0, 0.1) is 5.92 Å². The van der Waals surface area contributed by atoms with Crippen LogP contribution >= 0.6 is 15.9 Å². The zero-order valence-electron chi connectivity index (χ0n) is 8.88. The Balaban J connectivity index is 1.65. The van der Waals surface area contributed by atoms with Crippen LogP contribution in [0.25, 0.3) is 0 Å². The minimum absolute atomic E-state index is 0.734. The lowest BCUT2D eigenvalue weighted by Gasteiger charge is -2.01. The van der Waals surface area contributed by atoms with Crippen LogP contribution in [0.4, 0.5) is 0 Å². The second-order valence-electron chi connectivity index (χ2n) is 4.38. The number of halogens is 1. The molecule has 0 bridgehead atoms. The number of aromatic nitrogens is 2. The van der Waals surface area contributed by atoms with E-state index in [2.05, 4.69) is 45.3 Å². The minimum Gasteiger partial charge on any atom is -0.272 e. The highest BCUT2D eigenvalue weighted by molar-refractivity contribution is 9.10. The van der Waals surface area contributed by atoms with Crippen molar-refractivity contribution in [3.05, 3.63) is 52.8 Å². The summed E-state index contributed by atoms with van der Waals surface area (Å²) in [4.78, 5) is 0. The van der Waals surface area contributed by atoms with Gasteiger partial charge in [-0.1, -0.05) is 28.1 Å². The van der Waals surface area contributed by atoms with Crippen LogP contribution in [0.1, 0.15) is 17.9 Å². The predicted octanol–water partition coefficient (Wildman–Crippen LogP) is 3.45. The predicted molar refractivity (Wildman–Crippen MR) is 67.2 cm³/mol. The van der Waals surface area contributed by atoms with E-state index in [0.29, 0.717) is 0 Å². The monoisotopic (exact) mass is 276 g/mol. The molecular weight excluding hydrogens is 264 g/mol. The lowest BCUT2D eigenvalue weighted by molar-refractivity contribution is 0.553. The minimum atomic E-state index is 0.734. The number of hydrogen-bond acceptors (Lipinski definition) is 1. The average molecular weight is 277 g/mol. The highest BCUT2D eigenvalue weighted by Gasteiger charge is 2.38. The van der Waals surface area contributed by atoms with E-state index in [4.69, 9.17) is 0 Å². The number of nitrogens with zero attached hydrogens (tertiary/aromatic N) is 2. The molecule has 1 heterocycles. The van der Waals surface area contributed by atoms with Gasteiger partial charge in [-0.05, 0) is 42.0 Å². The Morgan fingerprint density at radius 3 is 2.81 bits per heavy atom. The number of benzene rings is 1. The highest BCUT2D eigenvalue weighted by Crippen LogP contribution is 2.48. The molecule has 1 aromatic heterocycles. The fraction of sp³-hybridized carbons (Fsp3) is 0.308. The van der Waals surface area contributed by atoms with E-state index in [1.54, 1.807) is 0 Å². The SMILES string of the molecule is Brc1ccc([C@H]2C[C@H]2Cn2cccn2)cc1. The van der Waals surface area contributed by atoms with Crippen LogP contribution < -0.4 is 0 Å². The van der Waals surface area contributed by atoms with Crippen molar-refractivity contribution < 1.29 is 0 Å². The van der Waals surface area contributed by atoms with Crippen molar-refractivity contribution in [2.75, 3.05) is 0 Å². The first-order valence-electron chi connectivity index (χ1n) is 5.56. The molecule has 2 aromatic rings. The Hall–Kier alpha value is -1.09. The van der Waals surface area contributed by atoms with Gasteiger partial charge < -0.3 is 0 Å². The van der Waals surface area contributed by atoms with Gasteiger partial charge in [0.15, 0.2) is 0 Å². The normalized spacial score (nSPS) is 23.3. The molecule has 1 aliphatic rings. The van der Waals surface area contributed by atoms with Crippen molar-refractivity contribution in [3.8, 4) is 0 Å². The molecule has 3 rings (SSSR count). The third-order valence-corrected chi connectivity index (χ3v) is 3.73. The molecule has 1 aliphatic carbocycles. The number of hydrogen-bond donors (Lipinski definition) is 0. The van der Waals surface area contributed by atoms with Crippen molar-refractivity contribution in [1.29, 1.82) is 0 Å². The number of rotatable bonds is 3. The van der Waals surface area contributed by atoms with E-state index in [1.807, 2.05) is 23.1 Å². The van der Waals surface area contributed by atoms with Crippen LogP contribution in [0.2, 0.25) is 0 Å². The molecule has 0 N–H and O–H groups in total. The van der Waals surface area contributed by atoms with Crippen molar-refractivity contribution in [1.82, 2.24) is 9.78 Å². The van der Waals surface area contributed by atoms with E-state index >= 15 is 0 Å². The average Bonchev–Trinajstić information content (AvgIpc) is 2.85. The zero-order valence-corrected chi connectivity index (χ0v) is 10.5. The second-order valence-corrected chi connectivity index (χ2v) is 5.30. The Kier molecular flexibility index (Phi) is 2.56. The lowest BCUT2D eigenvalue weighted by Crippen LogP contribution is -2.00. The summed E-state index contributed by atoms with van der Waals surface area (Å²) < 4.78 is 3.18. The van der Waals surface area contributed by atoms with Gasteiger partial charge in [-0.15, -0.1) is 0 Å². The molecule has 82 valence electrons. The van der Waals surface area contributed by atoms with E-state index in [-0.39, 0.29) is 0 Å². The molecule has 3 heteroatoms. The summed E-state index contributed by atoms with van der Waals surface area (Å²) in [5.41, 5.74) is 1.46. The first-order valence-corrected chi connectivity index (χ1v) is 6.35. The van der Waals surface area contributed by atoms with Crippen molar-refractivity contribution in [2.45, 2.75) is 18.9 Å². The van der Waals surface area contributed by atoms with Gasteiger partial charge in [0, 0.05) is 23.4 Å². The largest absolute Gasteiger partial charge is 0.272 e. The first-order chi connectivity index (χ1) is 7.83. The van der Waals surface area contributed by atoms with Gasteiger partial charge in [0.25, 0.3) is 0 Å². The van der Waals surface area contributed by atoms with Gasteiger partial charge in [0.2, 0.25) is 0 Å². The molecule has 0 spiro atoms. The van der Waals surface area contributed by atoms with Gasteiger partial charge in [-0.2, -0.15) is 5.10 Å². The molecule has 16 heavy (non-hydrogen) atoms. The van der Waals surface area contributed by atoms with E-state index < -0.39 is 0 Å². The molecule has 2 nitrogen and oxygen atoms in total. The summed E-state index contributed by atoms with van der Waals surface area (Å²) in [7, 11) is 0. The fourth-order valence-electron chi connectivity index (χ4n) is 2.22. The van der Waals surface area contributed by atoms with E-state index in [1.165, 1.54) is 12.0 Å². The molecule has 0 amide bonds. The third-order valence-electron chi connectivity index (χ3n) is 3.20. The van der Waals surface area contributed by atoms with Gasteiger partial charge >= 0.3 is 0 Å². The summed E-state index contributed by atoms with van der Waals surface area (Å²) in [5, 5.41) is 4.25. The summed E-state index contributed by atoms with van der Waals surface area (Å²) in [6, 6.07) is 10.7. The topological polar surface area (TPSA) is 17.8 Å². The van der Waals surface area contributed by atoms with Crippen LogP contribution in [0.5, 0.6) is 0 Å². The molecule has 1 saturated carbocycles. The smallest absolute Gasteiger partial charge is 0.0489 e. The molecule has 2 atom stereocenters. The second kappa shape index (κ2) is 4.06. The van der Waals surface area contributed by atoms with Crippen LogP contribution in [0.3, 0.4) is 0 Å². The Morgan fingerprint density at radius 2 is 2.12 bits per heavy atom. The van der Waals surface area contributed by atoms with Crippen molar-refractivity contribution in [3.63, 3.8) is 0 Å². The first kappa shape index (κ1) is 10.1. The lowest BCUT2D eigenvalue weighted by atomic mass is 10.1. The van der Waals surface area contributed by atoms with Crippen molar-refractivity contribution >= 4 is 15.9 Å². The highest BCUT2D eigenvalue weighted by atomic mass is 79.9. The van der Waals surface area contributed by atoms with Crippen molar-refractivity contribution in [2.24, 2.45) is 5.92 Å². The summed E-state index contributed by atoms with van der Waals surface area (Å²) in [5.74, 6) is 1.50. The maximum Gasteiger partial charge on any atom is 0.0489 e. The molecule has 0 aliphatic heterocycles. The van der Waals surface area contributed by atoms with Crippen LogP contribution in [-0.4, -0.2) is 9.78 Å². The third kappa shape index (κ3) is 2.05. The maximum atomic E-state index is 4.25. The van der Waals surface area contributed by atoms with Crippen LogP contribution in [0.15, 0.2) is 47.2 Å². The molecule has 0 saturated heterocycles. The summed E-state index contributed by atoms with van der Waals surface area (Å²) in [6.07, 6.45) is 5.18. The summed E-state index contributed by atoms with van der Waals surface area (Å²) >= 11 is 3.46. The standard InChI is InChI=1S/C13H13BrN2/c14-12-4-2-10(3-5-12)13-8-11(13)9-16-7-1-6-15-16/h1-7,11,13H,8-9H2/t11-,13+/m0/s1. The molecule has 0 unspecified atom stereocenters. The molecule has 1 aromatic carbocycles. The Morgan fingerprint density at radius 1 is 1.31 bits per heavy atom. The van der Waals surface area contributed by atoms with Gasteiger partial charge in [0.1, 0.15) is 0 Å².